The monoisotopic (exact) mass is 612 g/mol. The smallest absolute Gasteiger partial charge is 0.0165 e. The molecule has 8 aromatic carbocycles. The van der Waals surface area contributed by atoms with Crippen molar-refractivity contribution in [3.63, 3.8) is 0 Å². The normalized spacial score (nSPS) is 15.0. The van der Waals surface area contributed by atoms with Crippen molar-refractivity contribution in [1.29, 1.82) is 0 Å². The van der Waals surface area contributed by atoms with Gasteiger partial charge in [-0.1, -0.05) is 167 Å². The second-order valence-electron chi connectivity index (χ2n) is 14.8. The van der Waals surface area contributed by atoms with Crippen LogP contribution in [0, 0.1) is 0 Å². The van der Waals surface area contributed by atoms with Crippen molar-refractivity contribution in [2.24, 2.45) is 0 Å². The lowest BCUT2D eigenvalue weighted by molar-refractivity contribution is 0.660. The Morgan fingerprint density at radius 2 is 0.875 bits per heavy atom. The van der Waals surface area contributed by atoms with E-state index >= 15 is 0 Å². The van der Waals surface area contributed by atoms with Gasteiger partial charge in [-0.25, -0.2) is 0 Å². The molecular formula is C48H36. The fourth-order valence-corrected chi connectivity index (χ4v) is 9.45. The summed E-state index contributed by atoms with van der Waals surface area (Å²) < 4.78 is 0. The maximum Gasteiger partial charge on any atom is 0.0165 e. The summed E-state index contributed by atoms with van der Waals surface area (Å²) in [6.07, 6.45) is 0. The van der Waals surface area contributed by atoms with Crippen molar-refractivity contribution < 1.29 is 0 Å². The lowest BCUT2D eigenvalue weighted by Gasteiger charge is -2.26. The Labute approximate surface area is 282 Å². The Hall–Kier alpha value is -5.46. The average molecular weight is 613 g/mol. The summed E-state index contributed by atoms with van der Waals surface area (Å²) in [4.78, 5) is 0. The summed E-state index contributed by atoms with van der Waals surface area (Å²) >= 11 is 0. The zero-order chi connectivity index (χ0) is 32.4. The third-order valence-corrected chi connectivity index (χ3v) is 11.6. The predicted octanol–water partition coefficient (Wildman–Crippen LogP) is 13.1. The van der Waals surface area contributed by atoms with E-state index in [9.17, 15) is 0 Å². The van der Waals surface area contributed by atoms with Gasteiger partial charge in [-0.15, -0.1) is 0 Å². The lowest BCUT2D eigenvalue weighted by Crippen LogP contribution is -2.16. The van der Waals surface area contributed by atoms with Crippen LogP contribution in [0.15, 0.2) is 146 Å². The van der Waals surface area contributed by atoms with E-state index in [0.29, 0.717) is 0 Å². The van der Waals surface area contributed by atoms with E-state index in [1.54, 1.807) is 0 Å². The average Bonchev–Trinajstić information content (AvgIpc) is 3.50. The Balaban J connectivity index is 1.28. The molecule has 2 aliphatic carbocycles. The summed E-state index contributed by atoms with van der Waals surface area (Å²) in [6, 6.07) is 54.9. The fourth-order valence-electron chi connectivity index (χ4n) is 9.45. The van der Waals surface area contributed by atoms with Crippen LogP contribution >= 0.6 is 0 Å². The number of hydrogen-bond donors (Lipinski definition) is 0. The van der Waals surface area contributed by atoms with Gasteiger partial charge >= 0.3 is 0 Å². The maximum absolute atomic E-state index is 2.48. The molecule has 0 saturated carbocycles. The molecule has 0 bridgehead atoms. The van der Waals surface area contributed by atoms with Gasteiger partial charge in [0.15, 0.2) is 0 Å². The molecule has 8 aromatic rings. The highest BCUT2D eigenvalue weighted by atomic mass is 14.4. The van der Waals surface area contributed by atoms with Crippen LogP contribution in [-0.2, 0) is 10.8 Å². The number of benzene rings is 8. The van der Waals surface area contributed by atoms with Gasteiger partial charge in [0.25, 0.3) is 0 Å². The minimum Gasteiger partial charge on any atom is -0.0619 e. The van der Waals surface area contributed by atoms with Crippen LogP contribution in [0.25, 0.3) is 76.8 Å². The summed E-state index contributed by atoms with van der Waals surface area (Å²) in [5, 5.41) is 7.85. The van der Waals surface area contributed by atoms with Crippen LogP contribution in [0.1, 0.15) is 49.9 Å². The molecule has 10 rings (SSSR count). The quantitative estimate of drug-likeness (QED) is 0.170. The van der Waals surface area contributed by atoms with Gasteiger partial charge in [-0.3, -0.25) is 0 Å². The highest BCUT2D eigenvalue weighted by Gasteiger charge is 2.39. The van der Waals surface area contributed by atoms with Crippen molar-refractivity contribution in [1.82, 2.24) is 0 Å². The molecule has 0 atom stereocenters. The molecule has 228 valence electrons. The van der Waals surface area contributed by atoms with E-state index in [4.69, 9.17) is 0 Å². The molecule has 0 heteroatoms. The molecule has 0 heterocycles. The first kappa shape index (κ1) is 27.6. The van der Waals surface area contributed by atoms with Crippen molar-refractivity contribution in [3.8, 4) is 44.5 Å². The van der Waals surface area contributed by atoms with Crippen LogP contribution in [0.5, 0.6) is 0 Å². The molecule has 0 N–H and O–H groups in total. The first-order chi connectivity index (χ1) is 23.4. The zero-order valence-electron chi connectivity index (χ0n) is 27.9. The highest BCUT2D eigenvalue weighted by molar-refractivity contribution is 6.22. The van der Waals surface area contributed by atoms with Gasteiger partial charge in [0.2, 0.25) is 0 Å². The molecule has 0 nitrogen and oxygen atoms in total. The van der Waals surface area contributed by atoms with Gasteiger partial charge < -0.3 is 0 Å². The molecule has 2 aliphatic rings. The molecule has 0 unspecified atom stereocenters. The zero-order valence-corrected chi connectivity index (χ0v) is 27.9. The number of hydrogen-bond acceptors (Lipinski definition) is 0. The van der Waals surface area contributed by atoms with E-state index in [2.05, 4.69) is 173 Å². The molecule has 0 fully saturated rings. The maximum atomic E-state index is 2.48. The Morgan fingerprint density at radius 3 is 1.58 bits per heavy atom. The summed E-state index contributed by atoms with van der Waals surface area (Å²) in [7, 11) is 0. The topological polar surface area (TPSA) is 0 Å². The van der Waals surface area contributed by atoms with E-state index in [1.165, 1.54) is 99.1 Å². The van der Waals surface area contributed by atoms with Crippen molar-refractivity contribution in [2.75, 3.05) is 0 Å². The minimum absolute atomic E-state index is 0.0527. The first-order valence-corrected chi connectivity index (χ1v) is 17.2. The summed E-state index contributed by atoms with van der Waals surface area (Å²) in [5.74, 6) is 0. The van der Waals surface area contributed by atoms with E-state index in [0.717, 1.165) is 0 Å². The second-order valence-corrected chi connectivity index (χ2v) is 14.8. The van der Waals surface area contributed by atoms with Crippen molar-refractivity contribution >= 4 is 32.3 Å². The molecule has 0 spiro atoms. The largest absolute Gasteiger partial charge is 0.0619 e. The van der Waals surface area contributed by atoms with E-state index in [-0.39, 0.29) is 10.8 Å². The SMILES string of the molecule is CC1(C)c2ccccc2-c2ccc(-c3c4ccccc4c(-c4cccc5c4C(C)(C)c4ccc6ccccc6c4-5)c4ccccc34)cc21. The molecule has 0 aliphatic heterocycles. The van der Waals surface area contributed by atoms with Gasteiger partial charge in [-0.05, 0) is 105 Å². The Bertz CT molecular complexity index is 2610. The van der Waals surface area contributed by atoms with Gasteiger partial charge in [0, 0.05) is 10.8 Å². The van der Waals surface area contributed by atoms with E-state index < -0.39 is 0 Å². The van der Waals surface area contributed by atoms with Gasteiger partial charge in [0.05, 0.1) is 0 Å². The summed E-state index contributed by atoms with van der Waals surface area (Å²) in [5.41, 5.74) is 16.2. The number of rotatable bonds is 2. The molecule has 0 amide bonds. The Kier molecular flexibility index (Phi) is 5.50. The van der Waals surface area contributed by atoms with E-state index in [1.807, 2.05) is 0 Å². The van der Waals surface area contributed by atoms with Crippen LogP contribution < -0.4 is 0 Å². The molecule has 0 radical (unpaired) electrons. The number of fused-ring (bicyclic) bond motifs is 10. The van der Waals surface area contributed by atoms with Crippen molar-refractivity contribution in [3.05, 3.63) is 168 Å². The van der Waals surface area contributed by atoms with Crippen LogP contribution in [0.4, 0.5) is 0 Å². The minimum atomic E-state index is -0.146. The first-order valence-electron chi connectivity index (χ1n) is 17.2. The van der Waals surface area contributed by atoms with Crippen LogP contribution in [0.3, 0.4) is 0 Å². The summed E-state index contributed by atoms with van der Waals surface area (Å²) in [6.45, 7) is 9.58. The Morgan fingerprint density at radius 1 is 0.333 bits per heavy atom. The molecule has 0 saturated heterocycles. The molecule has 48 heavy (non-hydrogen) atoms. The predicted molar refractivity (Wildman–Crippen MR) is 205 cm³/mol. The van der Waals surface area contributed by atoms with Gasteiger partial charge in [0.1, 0.15) is 0 Å². The van der Waals surface area contributed by atoms with Crippen LogP contribution in [0.2, 0.25) is 0 Å². The van der Waals surface area contributed by atoms with Crippen molar-refractivity contribution in [2.45, 2.75) is 38.5 Å². The second kappa shape index (κ2) is 9.55. The fraction of sp³-hybridized carbons (Fsp3) is 0.125. The molecular weight excluding hydrogens is 577 g/mol. The third-order valence-electron chi connectivity index (χ3n) is 11.6. The lowest BCUT2D eigenvalue weighted by atomic mass is 9.76. The standard InChI is InChI=1S/C48H36/c1-47(2)40-23-12-11-16-32(40)33-26-24-30(28-42(33)47)43-34-17-7-9-19-36(34)44(37-20-10-8-18-35(37)43)38-21-13-22-39-45-31-15-6-5-14-29(31)25-27-41(45)48(3,4)46(38)39/h5-28H,1-4H3. The van der Waals surface area contributed by atoms with Gasteiger partial charge in [-0.2, -0.15) is 0 Å². The highest BCUT2D eigenvalue weighted by Crippen LogP contribution is 2.56. The third kappa shape index (κ3) is 3.50. The van der Waals surface area contributed by atoms with Crippen LogP contribution in [-0.4, -0.2) is 0 Å². The molecule has 0 aromatic heterocycles.